The summed E-state index contributed by atoms with van der Waals surface area (Å²) < 4.78 is 5.19. The summed E-state index contributed by atoms with van der Waals surface area (Å²) in [5.41, 5.74) is 1.85. The summed E-state index contributed by atoms with van der Waals surface area (Å²) in [4.78, 5) is 11.5. The third kappa shape index (κ3) is 5.34. The molecule has 0 aliphatic rings. The molecular formula is C15H20O2. The number of aryl methyl sites for hydroxylation is 1. The summed E-state index contributed by atoms with van der Waals surface area (Å²) in [5.74, 6) is -0.306. The summed E-state index contributed by atoms with van der Waals surface area (Å²) in [5, 5.41) is 0. The van der Waals surface area contributed by atoms with Crippen LogP contribution in [0.3, 0.4) is 0 Å². The third-order valence-electron chi connectivity index (χ3n) is 2.18. The van der Waals surface area contributed by atoms with Crippen LogP contribution in [0.25, 0.3) is 6.08 Å². The minimum absolute atomic E-state index is 0.306. The van der Waals surface area contributed by atoms with Crippen molar-refractivity contribution in [3.63, 3.8) is 0 Å². The molecule has 0 unspecified atom stereocenters. The first-order chi connectivity index (χ1) is 7.90. The number of carbonyl (C=O) groups is 1. The summed E-state index contributed by atoms with van der Waals surface area (Å²) in [6.07, 6.45) is 4.25. The maximum Gasteiger partial charge on any atom is 0.331 e. The molecule has 0 saturated carbocycles. The molecule has 0 spiro atoms. The van der Waals surface area contributed by atoms with Crippen LogP contribution in [0.1, 0.15) is 38.8 Å². The van der Waals surface area contributed by atoms with Crippen molar-refractivity contribution in [2.24, 2.45) is 0 Å². The maximum absolute atomic E-state index is 11.5. The Kier molecular flexibility index (Phi) is 4.50. The number of ether oxygens (including phenoxy) is 1. The van der Waals surface area contributed by atoms with Crippen molar-refractivity contribution < 1.29 is 9.53 Å². The van der Waals surface area contributed by atoms with Gasteiger partial charge in [-0.1, -0.05) is 31.2 Å². The van der Waals surface area contributed by atoms with Gasteiger partial charge in [-0.25, -0.2) is 4.79 Å². The SMILES string of the molecule is CCc1cccc(/C=C/C(=O)OC(C)(C)C)c1. The van der Waals surface area contributed by atoms with Crippen LogP contribution < -0.4 is 0 Å². The highest BCUT2D eigenvalue weighted by Crippen LogP contribution is 2.10. The van der Waals surface area contributed by atoms with Crippen molar-refractivity contribution >= 4 is 12.0 Å². The van der Waals surface area contributed by atoms with Crippen LogP contribution >= 0.6 is 0 Å². The molecule has 0 fully saturated rings. The Hall–Kier alpha value is -1.57. The van der Waals surface area contributed by atoms with Crippen LogP contribution in [0.2, 0.25) is 0 Å². The molecule has 1 aromatic carbocycles. The fourth-order valence-electron chi connectivity index (χ4n) is 1.42. The average Bonchev–Trinajstić information content (AvgIpc) is 2.24. The van der Waals surface area contributed by atoms with Crippen LogP contribution in [0.4, 0.5) is 0 Å². The molecule has 1 rings (SSSR count). The Bertz CT molecular complexity index is 411. The smallest absolute Gasteiger partial charge is 0.331 e. The van der Waals surface area contributed by atoms with Gasteiger partial charge in [-0.15, -0.1) is 0 Å². The molecule has 0 aromatic heterocycles. The van der Waals surface area contributed by atoms with Crippen LogP contribution in [0.5, 0.6) is 0 Å². The van der Waals surface area contributed by atoms with E-state index in [4.69, 9.17) is 4.74 Å². The quantitative estimate of drug-likeness (QED) is 0.588. The van der Waals surface area contributed by atoms with Gasteiger partial charge in [0.2, 0.25) is 0 Å². The first-order valence-electron chi connectivity index (χ1n) is 5.91. The van der Waals surface area contributed by atoms with Gasteiger partial charge in [0.25, 0.3) is 0 Å². The van der Waals surface area contributed by atoms with Crippen molar-refractivity contribution in [2.45, 2.75) is 39.7 Å². The predicted octanol–water partition coefficient (Wildman–Crippen LogP) is 3.60. The molecule has 0 atom stereocenters. The van der Waals surface area contributed by atoms with Gasteiger partial charge in [-0.2, -0.15) is 0 Å². The van der Waals surface area contributed by atoms with Gasteiger partial charge in [0.05, 0.1) is 0 Å². The fourth-order valence-corrected chi connectivity index (χ4v) is 1.42. The van der Waals surface area contributed by atoms with Gasteiger partial charge in [-0.05, 0) is 44.4 Å². The number of hydrogen-bond donors (Lipinski definition) is 0. The van der Waals surface area contributed by atoms with E-state index in [1.165, 1.54) is 11.6 Å². The van der Waals surface area contributed by atoms with Crippen LogP contribution in [0, 0.1) is 0 Å². The standard InChI is InChI=1S/C15H20O2/c1-5-12-7-6-8-13(11-12)9-10-14(16)17-15(2,3)4/h6-11H,5H2,1-4H3/b10-9+. The number of hydrogen-bond acceptors (Lipinski definition) is 2. The van der Waals surface area contributed by atoms with E-state index in [1.807, 2.05) is 32.9 Å². The lowest BCUT2D eigenvalue weighted by molar-refractivity contribution is -0.148. The summed E-state index contributed by atoms with van der Waals surface area (Å²) in [6.45, 7) is 7.68. The molecule has 0 bridgehead atoms. The molecule has 0 radical (unpaired) electrons. The zero-order valence-electron chi connectivity index (χ0n) is 11.0. The zero-order chi connectivity index (χ0) is 12.9. The largest absolute Gasteiger partial charge is 0.457 e. The highest BCUT2D eigenvalue weighted by atomic mass is 16.6. The van der Waals surface area contributed by atoms with E-state index in [0.717, 1.165) is 12.0 Å². The first kappa shape index (κ1) is 13.5. The zero-order valence-corrected chi connectivity index (χ0v) is 11.0. The van der Waals surface area contributed by atoms with E-state index in [2.05, 4.69) is 19.1 Å². The lowest BCUT2D eigenvalue weighted by atomic mass is 10.1. The monoisotopic (exact) mass is 232 g/mol. The number of rotatable bonds is 3. The van der Waals surface area contributed by atoms with Crippen molar-refractivity contribution in [2.75, 3.05) is 0 Å². The van der Waals surface area contributed by atoms with E-state index >= 15 is 0 Å². The van der Waals surface area contributed by atoms with Crippen LogP contribution in [-0.2, 0) is 16.0 Å². The Balaban J connectivity index is 2.67. The highest BCUT2D eigenvalue weighted by molar-refractivity contribution is 5.87. The molecule has 17 heavy (non-hydrogen) atoms. The summed E-state index contributed by atoms with van der Waals surface area (Å²) in [6, 6.07) is 8.11. The molecule has 0 N–H and O–H groups in total. The van der Waals surface area contributed by atoms with Gasteiger partial charge < -0.3 is 4.74 Å². The van der Waals surface area contributed by atoms with E-state index in [-0.39, 0.29) is 5.97 Å². The van der Waals surface area contributed by atoms with Crippen molar-refractivity contribution in [1.82, 2.24) is 0 Å². The molecule has 0 aliphatic carbocycles. The fraction of sp³-hybridized carbons (Fsp3) is 0.400. The molecule has 2 nitrogen and oxygen atoms in total. The minimum atomic E-state index is -0.438. The third-order valence-corrected chi connectivity index (χ3v) is 2.18. The van der Waals surface area contributed by atoms with Gasteiger partial charge in [0.1, 0.15) is 5.60 Å². The normalized spacial score (nSPS) is 11.8. The van der Waals surface area contributed by atoms with E-state index in [9.17, 15) is 4.79 Å². The first-order valence-corrected chi connectivity index (χ1v) is 5.91. The molecule has 2 heteroatoms. The van der Waals surface area contributed by atoms with Crippen molar-refractivity contribution in [1.29, 1.82) is 0 Å². The average molecular weight is 232 g/mol. The number of carbonyl (C=O) groups excluding carboxylic acids is 1. The van der Waals surface area contributed by atoms with Gasteiger partial charge in [0.15, 0.2) is 0 Å². The lowest BCUT2D eigenvalue weighted by Crippen LogP contribution is -2.22. The summed E-state index contributed by atoms with van der Waals surface area (Å²) in [7, 11) is 0. The Morgan fingerprint density at radius 1 is 1.35 bits per heavy atom. The molecule has 92 valence electrons. The van der Waals surface area contributed by atoms with Gasteiger partial charge >= 0.3 is 5.97 Å². The molecular weight excluding hydrogens is 212 g/mol. The van der Waals surface area contributed by atoms with E-state index in [1.54, 1.807) is 6.08 Å². The second-order valence-electron chi connectivity index (χ2n) is 4.97. The Morgan fingerprint density at radius 2 is 2.06 bits per heavy atom. The lowest BCUT2D eigenvalue weighted by Gasteiger charge is -2.17. The highest BCUT2D eigenvalue weighted by Gasteiger charge is 2.13. The number of benzene rings is 1. The van der Waals surface area contributed by atoms with Gasteiger partial charge in [-0.3, -0.25) is 0 Å². The second-order valence-corrected chi connectivity index (χ2v) is 4.97. The van der Waals surface area contributed by atoms with Crippen molar-refractivity contribution in [3.05, 3.63) is 41.5 Å². The Morgan fingerprint density at radius 3 is 2.65 bits per heavy atom. The maximum atomic E-state index is 11.5. The minimum Gasteiger partial charge on any atom is -0.457 e. The topological polar surface area (TPSA) is 26.3 Å². The molecule has 0 aliphatic heterocycles. The van der Waals surface area contributed by atoms with Crippen LogP contribution in [-0.4, -0.2) is 11.6 Å². The summed E-state index contributed by atoms with van der Waals surface area (Å²) >= 11 is 0. The molecule has 1 aromatic rings. The van der Waals surface area contributed by atoms with Crippen molar-refractivity contribution in [3.8, 4) is 0 Å². The Labute approximate surface area is 103 Å². The van der Waals surface area contributed by atoms with Gasteiger partial charge in [0, 0.05) is 6.08 Å². The second kappa shape index (κ2) is 5.67. The predicted molar refractivity (Wildman–Crippen MR) is 70.7 cm³/mol. The van der Waals surface area contributed by atoms with Crippen LogP contribution in [0.15, 0.2) is 30.3 Å². The number of esters is 1. The molecule has 0 heterocycles. The molecule has 0 saturated heterocycles. The molecule has 0 amide bonds. The van der Waals surface area contributed by atoms with E-state index in [0.29, 0.717) is 0 Å². The van der Waals surface area contributed by atoms with E-state index < -0.39 is 5.60 Å².